The number of carbonyl (C=O) groups excluding carboxylic acids is 1. The molecule has 106 valence electrons. The van der Waals surface area contributed by atoms with E-state index >= 15 is 0 Å². The predicted octanol–water partition coefficient (Wildman–Crippen LogP) is 1.16. The van der Waals surface area contributed by atoms with Crippen LogP contribution in [0.15, 0.2) is 30.9 Å². The summed E-state index contributed by atoms with van der Waals surface area (Å²) in [5.41, 5.74) is 0.912. The lowest BCUT2D eigenvalue weighted by molar-refractivity contribution is -0.120. The van der Waals surface area contributed by atoms with Crippen LogP contribution in [0.2, 0.25) is 0 Å². The summed E-state index contributed by atoms with van der Waals surface area (Å²) in [5.74, 6) is 0.885. The van der Waals surface area contributed by atoms with Crippen LogP contribution in [0.1, 0.15) is 31.3 Å². The molecule has 0 spiro atoms. The van der Waals surface area contributed by atoms with Crippen molar-refractivity contribution in [3.63, 3.8) is 0 Å². The molecule has 2 rings (SSSR count). The largest absolute Gasteiger partial charge is 0.355 e. The fraction of sp³-hybridized carbons (Fsp3) is 0.429. The molecule has 2 aromatic rings. The van der Waals surface area contributed by atoms with Crippen molar-refractivity contribution in [3.05, 3.63) is 42.2 Å². The van der Waals surface area contributed by atoms with Crippen molar-refractivity contribution in [1.82, 2.24) is 25.1 Å². The molecule has 6 nitrogen and oxygen atoms in total. The van der Waals surface area contributed by atoms with Gasteiger partial charge in [0, 0.05) is 31.4 Å². The van der Waals surface area contributed by atoms with Gasteiger partial charge in [0.15, 0.2) is 0 Å². The van der Waals surface area contributed by atoms with Crippen LogP contribution in [0.5, 0.6) is 0 Å². The maximum Gasteiger partial charge on any atom is 0.224 e. The molecular weight excluding hydrogens is 254 g/mol. The van der Waals surface area contributed by atoms with Gasteiger partial charge in [0.05, 0.1) is 6.42 Å². The van der Waals surface area contributed by atoms with E-state index in [9.17, 15) is 4.79 Å². The molecule has 0 saturated heterocycles. The molecule has 0 bridgehead atoms. The van der Waals surface area contributed by atoms with Gasteiger partial charge in [-0.3, -0.25) is 9.78 Å². The topological polar surface area (TPSA) is 72.7 Å². The van der Waals surface area contributed by atoms with Crippen LogP contribution in [-0.2, 0) is 17.6 Å². The molecule has 1 amide bonds. The third-order valence-corrected chi connectivity index (χ3v) is 2.96. The van der Waals surface area contributed by atoms with Gasteiger partial charge >= 0.3 is 0 Å². The van der Waals surface area contributed by atoms with Gasteiger partial charge in [-0.05, 0) is 25.5 Å². The zero-order chi connectivity index (χ0) is 14.4. The summed E-state index contributed by atoms with van der Waals surface area (Å²) in [6.07, 6.45) is 6.15. The van der Waals surface area contributed by atoms with E-state index in [-0.39, 0.29) is 5.91 Å². The molecule has 0 atom stereocenters. The van der Waals surface area contributed by atoms with E-state index in [0.717, 1.165) is 11.4 Å². The first-order chi connectivity index (χ1) is 9.66. The van der Waals surface area contributed by atoms with Crippen molar-refractivity contribution in [2.24, 2.45) is 0 Å². The molecule has 0 aliphatic heterocycles. The maximum atomic E-state index is 11.8. The predicted molar refractivity (Wildman–Crippen MR) is 75.1 cm³/mol. The summed E-state index contributed by atoms with van der Waals surface area (Å²) in [6, 6.07) is 4.04. The molecule has 0 saturated carbocycles. The number of amides is 1. The first-order valence-electron chi connectivity index (χ1n) is 6.71. The summed E-state index contributed by atoms with van der Waals surface area (Å²) < 4.78 is 2.01. The molecular formula is C14H19N5O. The van der Waals surface area contributed by atoms with Crippen LogP contribution in [0, 0.1) is 0 Å². The van der Waals surface area contributed by atoms with Gasteiger partial charge in [-0.1, -0.05) is 6.07 Å². The van der Waals surface area contributed by atoms with Crippen molar-refractivity contribution in [1.29, 1.82) is 0 Å². The number of nitrogens with one attached hydrogen (secondary N) is 1. The minimum Gasteiger partial charge on any atom is -0.355 e. The van der Waals surface area contributed by atoms with Crippen LogP contribution in [0.3, 0.4) is 0 Å². The van der Waals surface area contributed by atoms with E-state index in [2.05, 4.69) is 34.3 Å². The Hall–Kier alpha value is -2.24. The number of hydrogen-bond acceptors (Lipinski definition) is 4. The average Bonchev–Trinajstić information content (AvgIpc) is 2.88. The minimum absolute atomic E-state index is 0.00591. The molecule has 20 heavy (non-hydrogen) atoms. The number of rotatable bonds is 6. The SMILES string of the molecule is CC(C)n1cnnc1CCNC(=O)Cc1cccnc1. The summed E-state index contributed by atoms with van der Waals surface area (Å²) in [5, 5.41) is 10.9. The monoisotopic (exact) mass is 273 g/mol. The lowest BCUT2D eigenvalue weighted by Gasteiger charge is -2.10. The van der Waals surface area contributed by atoms with E-state index in [1.807, 2.05) is 16.7 Å². The van der Waals surface area contributed by atoms with Crippen molar-refractivity contribution in [2.45, 2.75) is 32.7 Å². The molecule has 6 heteroatoms. The van der Waals surface area contributed by atoms with Crippen molar-refractivity contribution in [2.75, 3.05) is 6.54 Å². The van der Waals surface area contributed by atoms with Gasteiger partial charge < -0.3 is 9.88 Å². The average molecular weight is 273 g/mol. The molecule has 0 aliphatic carbocycles. The molecule has 0 aliphatic rings. The molecule has 0 fully saturated rings. The van der Waals surface area contributed by atoms with Crippen molar-refractivity contribution < 1.29 is 4.79 Å². The Morgan fingerprint density at radius 3 is 3.00 bits per heavy atom. The van der Waals surface area contributed by atoms with Crippen LogP contribution >= 0.6 is 0 Å². The van der Waals surface area contributed by atoms with Gasteiger partial charge in [0.2, 0.25) is 5.91 Å². The maximum absolute atomic E-state index is 11.8. The summed E-state index contributed by atoms with van der Waals surface area (Å²) >= 11 is 0. The Morgan fingerprint density at radius 2 is 2.30 bits per heavy atom. The Labute approximate surface area is 118 Å². The molecule has 2 aromatic heterocycles. The number of nitrogens with zero attached hydrogens (tertiary/aromatic N) is 4. The highest BCUT2D eigenvalue weighted by molar-refractivity contribution is 5.78. The summed E-state index contributed by atoms with van der Waals surface area (Å²) in [4.78, 5) is 15.8. The lowest BCUT2D eigenvalue weighted by Crippen LogP contribution is -2.28. The number of aromatic nitrogens is 4. The smallest absolute Gasteiger partial charge is 0.224 e. The number of hydrogen-bond donors (Lipinski definition) is 1. The Bertz CT molecular complexity index is 550. The van der Waals surface area contributed by atoms with Crippen LogP contribution in [0.25, 0.3) is 0 Å². The van der Waals surface area contributed by atoms with E-state index in [4.69, 9.17) is 0 Å². The highest BCUT2D eigenvalue weighted by Crippen LogP contribution is 2.06. The highest BCUT2D eigenvalue weighted by Gasteiger charge is 2.08. The minimum atomic E-state index is -0.00591. The third-order valence-electron chi connectivity index (χ3n) is 2.96. The molecule has 0 radical (unpaired) electrons. The second-order valence-corrected chi connectivity index (χ2v) is 4.89. The van der Waals surface area contributed by atoms with Crippen molar-refractivity contribution in [3.8, 4) is 0 Å². The fourth-order valence-electron chi connectivity index (χ4n) is 1.94. The molecule has 1 N–H and O–H groups in total. The quantitative estimate of drug-likeness (QED) is 0.857. The lowest BCUT2D eigenvalue weighted by atomic mass is 10.2. The van der Waals surface area contributed by atoms with E-state index in [0.29, 0.717) is 25.4 Å². The Morgan fingerprint density at radius 1 is 1.45 bits per heavy atom. The van der Waals surface area contributed by atoms with Gasteiger partial charge in [0.1, 0.15) is 12.2 Å². The Balaban J connectivity index is 1.78. The highest BCUT2D eigenvalue weighted by atomic mass is 16.1. The zero-order valence-electron chi connectivity index (χ0n) is 11.8. The van der Waals surface area contributed by atoms with Crippen LogP contribution in [0.4, 0.5) is 0 Å². The van der Waals surface area contributed by atoms with Crippen LogP contribution in [-0.4, -0.2) is 32.2 Å². The molecule has 2 heterocycles. The third kappa shape index (κ3) is 3.88. The fourth-order valence-corrected chi connectivity index (χ4v) is 1.94. The molecule has 0 unspecified atom stereocenters. The number of carbonyl (C=O) groups is 1. The molecule has 0 aromatic carbocycles. The van der Waals surface area contributed by atoms with Gasteiger partial charge in [0.25, 0.3) is 0 Å². The standard InChI is InChI=1S/C14H19N5O/c1-11(2)19-10-17-18-13(19)5-7-16-14(20)8-12-4-3-6-15-9-12/h3-4,6,9-11H,5,7-8H2,1-2H3,(H,16,20). The second-order valence-electron chi connectivity index (χ2n) is 4.89. The summed E-state index contributed by atoms with van der Waals surface area (Å²) in [7, 11) is 0. The van der Waals surface area contributed by atoms with Crippen LogP contribution < -0.4 is 5.32 Å². The van der Waals surface area contributed by atoms with Crippen molar-refractivity contribution >= 4 is 5.91 Å². The summed E-state index contributed by atoms with van der Waals surface area (Å²) in [6.45, 7) is 4.71. The van der Waals surface area contributed by atoms with E-state index < -0.39 is 0 Å². The second kappa shape index (κ2) is 6.79. The van der Waals surface area contributed by atoms with E-state index in [1.165, 1.54) is 0 Å². The first-order valence-corrected chi connectivity index (χ1v) is 6.71. The Kier molecular flexibility index (Phi) is 4.81. The van der Waals surface area contributed by atoms with Gasteiger partial charge in [-0.25, -0.2) is 0 Å². The van der Waals surface area contributed by atoms with E-state index in [1.54, 1.807) is 18.7 Å². The normalized spacial score (nSPS) is 10.8. The zero-order valence-corrected chi connectivity index (χ0v) is 11.8. The van der Waals surface area contributed by atoms with Gasteiger partial charge in [-0.2, -0.15) is 0 Å². The number of pyridine rings is 1. The first kappa shape index (κ1) is 14.2. The van der Waals surface area contributed by atoms with Gasteiger partial charge in [-0.15, -0.1) is 10.2 Å².